The van der Waals surface area contributed by atoms with Gasteiger partial charge in [-0.25, -0.2) is 0 Å². The number of rotatable bonds is 2. The summed E-state index contributed by atoms with van der Waals surface area (Å²) in [5.74, 6) is 0. The van der Waals surface area contributed by atoms with Crippen LogP contribution in [0.3, 0.4) is 0 Å². The summed E-state index contributed by atoms with van der Waals surface area (Å²) in [6.45, 7) is 2.06. The monoisotopic (exact) mass is 250 g/mol. The average molecular weight is 251 g/mol. The molecule has 1 atom stereocenters. The topological polar surface area (TPSA) is 0 Å². The molecule has 0 saturated carbocycles. The summed E-state index contributed by atoms with van der Waals surface area (Å²) in [6, 6.07) is 15.9. The van der Waals surface area contributed by atoms with Crippen LogP contribution in [0.2, 0.25) is 5.02 Å². The molecule has 1 unspecified atom stereocenters. The van der Waals surface area contributed by atoms with E-state index < -0.39 is 0 Å². The van der Waals surface area contributed by atoms with Crippen LogP contribution in [0.15, 0.2) is 48.5 Å². The third-order valence-corrected chi connectivity index (χ3v) is 3.22. The number of hydrogen-bond donors (Lipinski definition) is 0. The molecule has 82 valence electrons. The minimum Gasteiger partial charge on any atom is -0.113 e. The van der Waals surface area contributed by atoms with Gasteiger partial charge in [-0.15, -0.1) is 11.6 Å². The van der Waals surface area contributed by atoms with Crippen molar-refractivity contribution in [2.75, 3.05) is 0 Å². The van der Waals surface area contributed by atoms with Crippen LogP contribution < -0.4 is 0 Å². The molecule has 0 spiro atoms. The molecule has 0 saturated heterocycles. The molecule has 0 heterocycles. The van der Waals surface area contributed by atoms with E-state index in [0.717, 1.165) is 16.1 Å². The lowest BCUT2D eigenvalue weighted by Gasteiger charge is -2.11. The number of aryl methyl sites for hydroxylation is 1. The molecule has 2 rings (SSSR count). The Labute approximate surface area is 106 Å². The molecule has 2 heteroatoms. The van der Waals surface area contributed by atoms with Crippen molar-refractivity contribution in [1.82, 2.24) is 0 Å². The summed E-state index contributed by atoms with van der Waals surface area (Å²) in [5, 5.41) is 0.578. The first-order chi connectivity index (χ1) is 7.66. The minimum atomic E-state index is -0.140. The fourth-order valence-corrected chi connectivity index (χ4v) is 2.15. The molecule has 0 aliphatic rings. The Morgan fingerprint density at radius 3 is 2.19 bits per heavy atom. The van der Waals surface area contributed by atoms with E-state index in [9.17, 15) is 0 Å². The summed E-state index contributed by atoms with van der Waals surface area (Å²) in [6.07, 6.45) is 0. The SMILES string of the molecule is Cc1cccc(C(Cl)c2cccc(Cl)c2)c1. The van der Waals surface area contributed by atoms with Gasteiger partial charge in [0, 0.05) is 5.02 Å². The average Bonchev–Trinajstić information content (AvgIpc) is 2.28. The minimum absolute atomic E-state index is 0.140. The van der Waals surface area contributed by atoms with Crippen LogP contribution in [0.4, 0.5) is 0 Å². The van der Waals surface area contributed by atoms with Gasteiger partial charge in [-0.3, -0.25) is 0 Å². The molecule has 0 radical (unpaired) electrons. The molecule has 16 heavy (non-hydrogen) atoms. The first-order valence-corrected chi connectivity index (χ1v) is 5.94. The van der Waals surface area contributed by atoms with E-state index in [2.05, 4.69) is 19.1 Å². The van der Waals surface area contributed by atoms with Crippen LogP contribution in [0.5, 0.6) is 0 Å². The highest BCUT2D eigenvalue weighted by Crippen LogP contribution is 2.30. The molecule has 0 aliphatic carbocycles. The maximum absolute atomic E-state index is 6.42. The highest BCUT2D eigenvalue weighted by atomic mass is 35.5. The molecule has 0 N–H and O–H groups in total. The molecule has 0 bridgehead atoms. The standard InChI is InChI=1S/C14H12Cl2/c1-10-4-2-5-11(8-10)14(16)12-6-3-7-13(15)9-12/h2-9,14H,1H3. The second-order valence-corrected chi connectivity index (χ2v) is 4.70. The van der Waals surface area contributed by atoms with Crippen LogP contribution in [-0.4, -0.2) is 0 Å². The number of halogens is 2. The van der Waals surface area contributed by atoms with Gasteiger partial charge in [0.1, 0.15) is 0 Å². The molecule has 0 amide bonds. The molecule has 2 aromatic carbocycles. The maximum Gasteiger partial charge on any atom is 0.0836 e. The van der Waals surface area contributed by atoms with Crippen LogP contribution >= 0.6 is 23.2 Å². The molecule has 0 fully saturated rings. The predicted octanol–water partition coefficient (Wildman–Crippen LogP) is 4.98. The zero-order chi connectivity index (χ0) is 11.5. The Hall–Kier alpha value is -0.980. The van der Waals surface area contributed by atoms with Crippen LogP contribution in [0, 0.1) is 6.92 Å². The van der Waals surface area contributed by atoms with Crippen LogP contribution in [0.25, 0.3) is 0 Å². The van der Waals surface area contributed by atoms with Crippen LogP contribution in [0.1, 0.15) is 22.1 Å². The molecule has 2 aromatic rings. The lowest BCUT2D eigenvalue weighted by Crippen LogP contribution is -1.93. The molecule has 0 nitrogen and oxygen atoms in total. The van der Waals surface area contributed by atoms with Crippen molar-refractivity contribution in [3.8, 4) is 0 Å². The van der Waals surface area contributed by atoms with E-state index in [4.69, 9.17) is 23.2 Å². The van der Waals surface area contributed by atoms with Gasteiger partial charge in [-0.2, -0.15) is 0 Å². The van der Waals surface area contributed by atoms with E-state index in [-0.39, 0.29) is 5.38 Å². The Bertz CT molecular complexity index is 446. The van der Waals surface area contributed by atoms with Gasteiger partial charge in [0.25, 0.3) is 0 Å². The van der Waals surface area contributed by atoms with Gasteiger partial charge >= 0.3 is 0 Å². The van der Waals surface area contributed by atoms with Gasteiger partial charge in [-0.1, -0.05) is 53.6 Å². The quantitative estimate of drug-likeness (QED) is 0.660. The lowest BCUT2D eigenvalue weighted by atomic mass is 10.0. The van der Waals surface area contributed by atoms with Crippen molar-refractivity contribution >= 4 is 23.2 Å². The number of hydrogen-bond acceptors (Lipinski definition) is 0. The third-order valence-electron chi connectivity index (χ3n) is 2.48. The fraction of sp³-hybridized carbons (Fsp3) is 0.143. The molecular weight excluding hydrogens is 239 g/mol. The van der Waals surface area contributed by atoms with Crippen molar-refractivity contribution in [2.45, 2.75) is 12.3 Å². The normalized spacial score (nSPS) is 12.4. The first-order valence-electron chi connectivity index (χ1n) is 5.13. The second-order valence-electron chi connectivity index (χ2n) is 3.83. The Kier molecular flexibility index (Phi) is 3.52. The Balaban J connectivity index is 2.35. The van der Waals surface area contributed by atoms with Crippen molar-refractivity contribution < 1.29 is 0 Å². The van der Waals surface area contributed by atoms with E-state index in [1.54, 1.807) is 0 Å². The zero-order valence-corrected chi connectivity index (χ0v) is 10.5. The predicted molar refractivity (Wildman–Crippen MR) is 70.3 cm³/mol. The van der Waals surface area contributed by atoms with Gasteiger partial charge in [0.05, 0.1) is 5.38 Å². The van der Waals surface area contributed by atoms with Gasteiger partial charge in [0.15, 0.2) is 0 Å². The summed E-state index contributed by atoms with van der Waals surface area (Å²) >= 11 is 12.4. The Morgan fingerprint density at radius 2 is 1.56 bits per heavy atom. The maximum atomic E-state index is 6.42. The lowest BCUT2D eigenvalue weighted by molar-refractivity contribution is 1.13. The summed E-state index contributed by atoms with van der Waals surface area (Å²) < 4.78 is 0. The van der Waals surface area contributed by atoms with Gasteiger partial charge in [-0.05, 0) is 30.2 Å². The Morgan fingerprint density at radius 1 is 0.938 bits per heavy atom. The first kappa shape index (κ1) is 11.5. The zero-order valence-electron chi connectivity index (χ0n) is 8.95. The summed E-state index contributed by atoms with van der Waals surface area (Å²) in [7, 11) is 0. The van der Waals surface area contributed by atoms with E-state index in [1.807, 2.05) is 36.4 Å². The van der Waals surface area contributed by atoms with Crippen molar-refractivity contribution in [2.24, 2.45) is 0 Å². The summed E-state index contributed by atoms with van der Waals surface area (Å²) in [5.41, 5.74) is 3.34. The van der Waals surface area contributed by atoms with E-state index in [1.165, 1.54) is 5.56 Å². The van der Waals surface area contributed by atoms with Crippen molar-refractivity contribution in [1.29, 1.82) is 0 Å². The van der Waals surface area contributed by atoms with Crippen molar-refractivity contribution in [3.63, 3.8) is 0 Å². The fourth-order valence-electron chi connectivity index (χ4n) is 1.68. The highest BCUT2D eigenvalue weighted by Gasteiger charge is 2.10. The van der Waals surface area contributed by atoms with E-state index >= 15 is 0 Å². The number of alkyl halides is 1. The third kappa shape index (κ3) is 2.58. The van der Waals surface area contributed by atoms with E-state index in [0.29, 0.717) is 0 Å². The second kappa shape index (κ2) is 4.90. The van der Waals surface area contributed by atoms with Crippen molar-refractivity contribution in [3.05, 3.63) is 70.2 Å². The molecule has 0 aromatic heterocycles. The van der Waals surface area contributed by atoms with Gasteiger partial charge < -0.3 is 0 Å². The van der Waals surface area contributed by atoms with Crippen LogP contribution in [-0.2, 0) is 0 Å². The smallest absolute Gasteiger partial charge is 0.0836 e. The largest absolute Gasteiger partial charge is 0.113 e. The summed E-state index contributed by atoms with van der Waals surface area (Å²) in [4.78, 5) is 0. The molecular formula is C14H12Cl2. The number of benzene rings is 2. The van der Waals surface area contributed by atoms with Gasteiger partial charge in [0.2, 0.25) is 0 Å². The molecule has 0 aliphatic heterocycles. The highest BCUT2D eigenvalue weighted by molar-refractivity contribution is 6.30.